The van der Waals surface area contributed by atoms with Gasteiger partial charge in [-0.3, -0.25) is 0 Å². The van der Waals surface area contributed by atoms with Crippen molar-refractivity contribution >= 4 is 0 Å². The SMILES string of the molecule is Cc1cc(C2OCCO2)ccc1OCc1c(C)cccc1-n1[nH]n(C)c1=O. The molecule has 2 aromatic carbocycles. The first kappa shape index (κ1) is 17.6. The number of rotatable bonds is 5. The molecule has 0 bridgehead atoms. The molecule has 0 radical (unpaired) electrons. The number of aryl methyl sites for hydroxylation is 3. The van der Waals surface area contributed by atoms with Crippen molar-refractivity contribution in [2.24, 2.45) is 7.05 Å². The first-order chi connectivity index (χ1) is 13.0. The first-order valence-corrected chi connectivity index (χ1v) is 8.94. The molecule has 1 aromatic heterocycles. The highest BCUT2D eigenvalue weighted by molar-refractivity contribution is 5.45. The predicted octanol–water partition coefficient (Wildman–Crippen LogP) is 2.75. The van der Waals surface area contributed by atoms with Gasteiger partial charge in [-0.15, -0.1) is 0 Å². The van der Waals surface area contributed by atoms with Crippen molar-refractivity contribution < 1.29 is 14.2 Å². The first-order valence-electron chi connectivity index (χ1n) is 8.94. The molecule has 142 valence electrons. The molecule has 4 rings (SSSR count). The number of nitrogens with one attached hydrogen (secondary N) is 1. The maximum absolute atomic E-state index is 12.0. The van der Waals surface area contributed by atoms with Crippen LogP contribution in [-0.4, -0.2) is 27.8 Å². The second-order valence-corrected chi connectivity index (χ2v) is 6.74. The number of benzene rings is 2. The van der Waals surface area contributed by atoms with Gasteiger partial charge in [0.25, 0.3) is 0 Å². The monoisotopic (exact) mass is 369 g/mol. The molecule has 1 saturated heterocycles. The molecule has 27 heavy (non-hydrogen) atoms. The molecule has 1 fully saturated rings. The van der Waals surface area contributed by atoms with E-state index in [0.29, 0.717) is 19.8 Å². The van der Waals surface area contributed by atoms with Crippen LogP contribution in [0.3, 0.4) is 0 Å². The Morgan fingerprint density at radius 1 is 1.15 bits per heavy atom. The lowest BCUT2D eigenvalue weighted by molar-refractivity contribution is -0.0441. The fourth-order valence-corrected chi connectivity index (χ4v) is 3.26. The van der Waals surface area contributed by atoms with Gasteiger partial charge in [0.2, 0.25) is 0 Å². The second-order valence-electron chi connectivity index (χ2n) is 6.74. The molecule has 0 aliphatic carbocycles. The Kier molecular flexibility index (Phi) is 4.63. The van der Waals surface area contributed by atoms with E-state index in [2.05, 4.69) is 5.21 Å². The van der Waals surface area contributed by atoms with Gasteiger partial charge in [0, 0.05) is 18.2 Å². The highest BCUT2D eigenvalue weighted by Gasteiger charge is 2.19. The largest absolute Gasteiger partial charge is 0.489 e. The summed E-state index contributed by atoms with van der Waals surface area (Å²) in [6, 6.07) is 11.8. The summed E-state index contributed by atoms with van der Waals surface area (Å²) in [4.78, 5) is 12.0. The Morgan fingerprint density at radius 2 is 1.93 bits per heavy atom. The summed E-state index contributed by atoms with van der Waals surface area (Å²) in [5, 5.41) is 2.96. The predicted molar refractivity (Wildman–Crippen MR) is 100 cm³/mol. The summed E-state index contributed by atoms with van der Waals surface area (Å²) in [6.07, 6.45) is -0.291. The summed E-state index contributed by atoms with van der Waals surface area (Å²) in [6.45, 7) is 5.63. The molecule has 0 amide bonds. The zero-order valence-corrected chi connectivity index (χ0v) is 15.7. The van der Waals surface area contributed by atoms with E-state index in [1.807, 2.05) is 50.2 Å². The maximum atomic E-state index is 12.0. The van der Waals surface area contributed by atoms with Crippen LogP contribution in [0, 0.1) is 13.8 Å². The fourth-order valence-electron chi connectivity index (χ4n) is 3.26. The van der Waals surface area contributed by atoms with E-state index in [1.54, 1.807) is 7.05 Å². The van der Waals surface area contributed by atoms with Crippen LogP contribution in [0.25, 0.3) is 5.69 Å². The fraction of sp³-hybridized carbons (Fsp3) is 0.350. The Balaban J connectivity index is 1.56. The van der Waals surface area contributed by atoms with Gasteiger partial charge < -0.3 is 14.2 Å². The molecular weight excluding hydrogens is 346 g/mol. The van der Waals surface area contributed by atoms with Crippen molar-refractivity contribution in [2.75, 3.05) is 13.2 Å². The summed E-state index contributed by atoms with van der Waals surface area (Å²) < 4.78 is 20.1. The van der Waals surface area contributed by atoms with Crippen molar-refractivity contribution in [1.82, 2.24) is 14.6 Å². The highest BCUT2D eigenvalue weighted by Crippen LogP contribution is 2.29. The third kappa shape index (κ3) is 3.31. The van der Waals surface area contributed by atoms with Crippen LogP contribution >= 0.6 is 0 Å². The average Bonchev–Trinajstić information content (AvgIpc) is 3.20. The van der Waals surface area contributed by atoms with Gasteiger partial charge >= 0.3 is 5.69 Å². The minimum Gasteiger partial charge on any atom is -0.489 e. The molecule has 0 saturated carbocycles. The Morgan fingerprint density at radius 3 is 2.59 bits per heavy atom. The molecule has 3 aromatic rings. The topological polar surface area (TPSA) is 70.4 Å². The molecule has 1 aliphatic rings. The quantitative estimate of drug-likeness (QED) is 0.751. The molecule has 0 atom stereocenters. The average molecular weight is 369 g/mol. The molecule has 1 aliphatic heterocycles. The van der Waals surface area contributed by atoms with Gasteiger partial charge in [-0.25, -0.2) is 14.7 Å². The number of hydrogen-bond donors (Lipinski definition) is 1. The summed E-state index contributed by atoms with van der Waals surface area (Å²) in [7, 11) is 1.69. The summed E-state index contributed by atoms with van der Waals surface area (Å²) in [5.74, 6) is 0.797. The second kappa shape index (κ2) is 7.09. The van der Waals surface area contributed by atoms with E-state index in [1.165, 1.54) is 9.36 Å². The third-order valence-electron chi connectivity index (χ3n) is 4.82. The van der Waals surface area contributed by atoms with Crippen LogP contribution in [0.4, 0.5) is 0 Å². The van der Waals surface area contributed by atoms with Gasteiger partial charge in [-0.1, -0.05) is 18.2 Å². The number of aromatic amines is 1. The summed E-state index contributed by atoms with van der Waals surface area (Å²) >= 11 is 0. The van der Waals surface area contributed by atoms with Crippen molar-refractivity contribution in [3.63, 3.8) is 0 Å². The Labute approximate surface area is 157 Å². The Bertz CT molecular complexity index is 1010. The van der Waals surface area contributed by atoms with Gasteiger partial charge in [-0.05, 0) is 43.2 Å². The van der Waals surface area contributed by atoms with Crippen molar-refractivity contribution in [2.45, 2.75) is 26.7 Å². The summed E-state index contributed by atoms with van der Waals surface area (Å²) in [5.41, 5.74) is 4.75. The van der Waals surface area contributed by atoms with Crippen LogP contribution in [-0.2, 0) is 23.1 Å². The third-order valence-corrected chi connectivity index (χ3v) is 4.82. The van der Waals surface area contributed by atoms with Gasteiger partial charge in [0.1, 0.15) is 12.4 Å². The number of aromatic nitrogens is 3. The smallest absolute Gasteiger partial charge is 0.364 e. The zero-order chi connectivity index (χ0) is 19.0. The Hall–Kier alpha value is -2.77. The van der Waals surface area contributed by atoms with E-state index in [0.717, 1.165) is 33.7 Å². The van der Waals surface area contributed by atoms with Crippen LogP contribution < -0.4 is 10.4 Å². The van der Waals surface area contributed by atoms with Crippen molar-refractivity contribution in [3.8, 4) is 11.4 Å². The molecule has 7 nitrogen and oxygen atoms in total. The van der Waals surface area contributed by atoms with Crippen LogP contribution in [0.15, 0.2) is 41.2 Å². The van der Waals surface area contributed by atoms with E-state index in [-0.39, 0.29) is 12.0 Å². The molecule has 7 heteroatoms. The minimum absolute atomic E-state index is 0.0982. The minimum atomic E-state index is -0.291. The van der Waals surface area contributed by atoms with Crippen molar-refractivity contribution in [1.29, 1.82) is 0 Å². The molecule has 0 spiro atoms. The molecular formula is C20H23N3O4. The lowest BCUT2D eigenvalue weighted by Gasteiger charge is -2.19. The van der Waals surface area contributed by atoms with Gasteiger partial charge in [-0.2, -0.15) is 4.68 Å². The zero-order valence-electron chi connectivity index (χ0n) is 15.7. The number of hydrogen-bond acceptors (Lipinski definition) is 4. The number of ether oxygens (including phenoxy) is 3. The highest BCUT2D eigenvalue weighted by atomic mass is 16.7. The van der Waals surface area contributed by atoms with Crippen LogP contribution in [0.5, 0.6) is 5.75 Å². The van der Waals surface area contributed by atoms with Gasteiger partial charge in [0.15, 0.2) is 6.29 Å². The molecule has 0 unspecified atom stereocenters. The number of H-pyrrole nitrogens is 1. The van der Waals surface area contributed by atoms with Crippen molar-refractivity contribution in [3.05, 3.63) is 69.1 Å². The van der Waals surface area contributed by atoms with Gasteiger partial charge in [0.05, 0.1) is 18.9 Å². The lowest BCUT2D eigenvalue weighted by Crippen LogP contribution is -2.40. The molecule has 1 N–H and O–H groups in total. The van der Waals surface area contributed by atoms with E-state index >= 15 is 0 Å². The van der Waals surface area contributed by atoms with E-state index in [9.17, 15) is 4.79 Å². The maximum Gasteiger partial charge on any atom is 0.364 e. The van der Waals surface area contributed by atoms with E-state index < -0.39 is 0 Å². The molecule has 2 heterocycles. The standard InChI is InChI=1S/C20H23N3O4/c1-13-5-4-6-17(23-20(24)22(3)21-23)16(13)12-27-18-8-7-15(11-14(18)2)19-25-9-10-26-19/h4-8,11,19,21H,9-10,12H2,1-3H3. The number of nitrogens with zero attached hydrogens (tertiary/aromatic N) is 2. The van der Waals surface area contributed by atoms with Crippen LogP contribution in [0.1, 0.15) is 28.5 Å². The van der Waals surface area contributed by atoms with Crippen LogP contribution in [0.2, 0.25) is 0 Å². The van der Waals surface area contributed by atoms with E-state index in [4.69, 9.17) is 14.2 Å². The normalized spacial score (nSPS) is 14.8. The lowest BCUT2D eigenvalue weighted by atomic mass is 10.1.